The third-order valence-electron chi connectivity index (χ3n) is 39.6. The Hall–Kier alpha value is -6.62. The zero-order valence-corrected chi connectivity index (χ0v) is 79.0. The van der Waals surface area contributed by atoms with E-state index >= 15 is 0 Å². The number of ether oxygens (including phenoxy) is 18. The number of rotatable bonds is 3. The number of methoxy groups -OCH3 is 3. The van der Waals surface area contributed by atoms with E-state index in [9.17, 15) is 25.5 Å². The van der Waals surface area contributed by atoms with Crippen LogP contribution >= 0.6 is 0 Å². The van der Waals surface area contributed by atoms with Crippen LogP contribution in [0.2, 0.25) is 0 Å². The van der Waals surface area contributed by atoms with Gasteiger partial charge in [0.25, 0.3) is 0 Å². The third-order valence-corrected chi connectivity index (χ3v) is 39.6. The molecule has 30 rings (SSSR count). The maximum atomic E-state index is 12.2. The van der Waals surface area contributed by atoms with Crippen molar-refractivity contribution in [2.45, 2.75) is 340 Å². The number of nitrogens with zero attached hydrogens (tertiary/aromatic N) is 5. The highest BCUT2D eigenvalue weighted by atomic mass is 16.8. The van der Waals surface area contributed by atoms with E-state index in [2.05, 4.69) is 125 Å². The Bertz CT molecular complexity index is 5560. The standard InChI is InChI=1S/C22H29NO5.C21H27NO5.C21H27NO4.C20H25NO5.C20H25NO4/c1-12-13(2)28-22(27-12)8-7-21(24)16-11-14-5-6-15(25-4)18-17(14)20(21,19(22)26-18)9-10-23(16)3;1-12-11-25-21(27-12)7-6-20(23)15-10-13-4-5-14(24-3)17-16(13)19(20,18(21)26-17)8-9-22(15)2;1-11-12(2)26-21(25-11)7-6-14-15-10-13-4-5-16(23)18-17(13)20(14,19(21)24-18)8-9-22(15)3;1-21-8-7-18-15-12-3-4-13(23-2)16(15)26-17(18)20(24-9-10-25-20)6-5-19(18,22)14(21)11-12;1-11-10-23-20(25-11)6-5-13-14-9-12-3-4-15(22)17-16(12)19(13,18(20)24-17)7-8-21(14)2/h5-6,12-13,16,19,24H,7-11H2,1-4H3;4-5,12,15,18,23H,6-11H2,1-3H3;4-5,11-12,14-15,19,23H,6-10H2,1-3H3;3-4,14,17,22H,5-11H2,1-2H3;3-4,11,13-14,18,22H,5-10H2,1-2H3/t12?,13?,16-,19-,20+,21?,22?;12?,15-,18-,19+,20?,21?;11?,12?,14?,15-,19-,20+,21?;14-,17-,18+,19?;11?,13?,14-,18-,19+,20?/m11111/s1. The molecule has 5 N–H and O–H groups in total. The Kier molecular flexibility index (Phi) is 18.6. The van der Waals surface area contributed by atoms with Gasteiger partial charge in [-0.25, -0.2) is 0 Å². The number of phenols is 2. The molecule has 28 heteroatoms. The fourth-order valence-electron chi connectivity index (χ4n) is 33.8. The van der Waals surface area contributed by atoms with Gasteiger partial charge in [-0.15, -0.1) is 0 Å². The average molecular weight is 1820 g/mol. The first-order valence-electron chi connectivity index (χ1n) is 49.8. The average Bonchev–Trinajstić information content (AvgIpc) is 1.51. The topological polar surface area (TPSA) is 283 Å². The lowest BCUT2D eigenvalue weighted by atomic mass is 9.48. The number of likely N-dealkylation sites (tertiary alicyclic amines) is 5. The van der Waals surface area contributed by atoms with Crippen LogP contribution in [0.15, 0.2) is 60.7 Å². The predicted octanol–water partition coefficient (Wildman–Crippen LogP) is 9.61. The Balaban J connectivity index is 0.0000000865. The molecule has 0 amide bonds. The zero-order valence-electron chi connectivity index (χ0n) is 79.0. The lowest BCUT2D eigenvalue weighted by Crippen LogP contribution is -2.79. The first kappa shape index (κ1) is 85.8. The van der Waals surface area contributed by atoms with Gasteiger partial charge in [-0.3, -0.25) is 0 Å². The summed E-state index contributed by atoms with van der Waals surface area (Å²) < 4.78 is 113. The molecule has 10 bridgehead atoms. The third kappa shape index (κ3) is 10.4. The number of fused-ring (bicyclic) bond motifs is 5. The maximum absolute atomic E-state index is 12.2. The number of hydrogen-bond acceptors (Lipinski definition) is 28. The summed E-state index contributed by atoms with van der Waals surface area (Å²) in [5, 5.41) is 57.6. The summed E-state index contributed by atoms with van der Waals surface area (Å²) in [6.07, 6.45) is 15.9. The van der Waals surface area contributed by atoms with Crippen molar-refractivity contribution in [3.63, 3.8) is 0 Å². The van der Waals surface area contributed by atoms with Crippen LogP contribution in [0, 0.1) is 11.8 Å². The summed E-state index contributed by atoms with van der Waals surface area (Å²) in [5.41, 5.74) is 8.16. The van der Waals surface area contributed by atoms with E-state index in [4.69, 9.17) is 85.3 Å². The molecule has 10 aliphatic carbocycles. The van der Waals surface area contributed by atoms with E-state index in [1.54, 1.807) is 33.5 Å². The molecule has 15 fully saturated rings. The van der Waals surface area contributed by atoms with Crippen LogP contribution < -0.4 is 37.9 Å². The molecule has 28 atom stereocenters. The lowest BCUT2D eigenvalue weighted by molar-refractivity contribution is -0.302. The molecule has 28 nitrogen and oxygen atoms in total. The summed E-state index contributed by atoms with van der Waals surface area (Å²) >= 11 is 0. The molecule has 15 aliphatic heterocycles. The van der Waals surface area contributed by atoms with Crippen molar-refractivity contribution in [2.24, 2.45) is 11.8 Å². The number of aliphatic hydroxyl groups is 3. The number of piperidine rings is 5. The Labute approximate surface area is 772 Å². The first-order chi connectivity index (χ1) is 63.4. The van der Waals surface area contributed by atoms with E-state index in [0.29, 0.717) is 100 Å². The number of aromatic hydroxyl groups is 2. The van der Waals surface area contributed by atoms with Gasteiger partial charge >= 0.3 is 0 Å². The number of hydrogen-bond donors (Lipinski definition) is 5. The summed E-state index contributed by atoms with van der Waals surface area (Å²) in [7, 11) is 15.9. The molecule has 712 valence electrons. The van der Waals surface area contributed by atoms with Crippen LogP contribution in [-0.4, -0.2) is 309 Å². The van der Waals surface area contributed by atoms with Crippen molar-refractivity contribution < 1.29 is 111 Å². The molecule has 10 spiro atoms. The molecule has 5 aromatic carbocycles. The Morgan fingerprint density at radius 1 is 0.318 bits per heavy atom. The first-order valence-corrected chi connectivity index (χ1v) is 49.8. The second-order valence-corrected chi connectivity index (χ2v) is 44.7. The second-order valence-electron chi connectivity index (χ2n) is 44.7. The fraction of sp³-hybridized carbons (Fsp3) is 0.712. The van der Waals surface area contributed by atoms with Gasteiger partial charge in [-0.05, 0) is 276 Å². The highest BCUT2D eigenvalue weighted by Crippen LogP contribution is 2.75. The normalized spacial score (nSPS) is 46.6. The molecule has 5 aromatic rings. The molecule has 0 radical (unpaired) electrons. The van der Waals surface area contributed by atoms with Gasteiger partial charge in [0, 0.05) is 101 Å². The van der Waals surface area contributed by atoms with Gasteiger partial charge in [-0.1, -0.05) is 30.3 Å². The SMILES string of the molecule is CC1COC2(CCC3[C@H]4Cc5ccc(O)c6c5[C@@]3(CCN4C)[C@H]2O6)O1.CC1OC2(CCC3[C@H]4Cc5ccc(O)c6c5[C@@]3(CCN4C)[C@H]2O6)OC1C.COc1ccc2c3c1O[C@H]1C4(CCC5(O)[C@@H](C2)N(C)CC[C@]315)OC(C)C(C)O4.COc1ccc2c3c1O[C@H]1C4(CCC5(O)[C@@H](C2)N(C)CC[C@]315)OCC(C)O4.COc1ccc2c3c1O[C@H]1C4(CCC5(O)[C@@H](C2)N(C)CC[C@]315)OCCO4. The second kappa shape index (κ2) is 28.6. The molecular weight excluding hydrogens is 1690 g/mol. The van der Waals surface area contributed by atoms with E-state index in [0.717, 1.165) is 174 Å². The molecule has 5 saturated carbocycles. The largest absolute Gasteiger partial charge is 0.504 e. The van der Waals surface area contributed by atoms with Crippen molar-refractivity contribution in [1.29, 1.82) is 0 Å². The minimum atomic E-state index is -0.859. The predicted molar refractivity (Wildman–Crippen MR) is 478 cm³/mol. The van der Waals surface area contributed by atoms with Crippen LogP contribution in [0.25, 0.3) is 0 Å². The number of phenolic OH excluding ortho intramolecular Hbond substituents is 2. The maximum Gasteiger partial charge on any atom is 0.207 e. The van der Waals surface area contributed by atoms with Gasteiger partial charge in [-0.2, -0.15) is 0 Å². The highest BCUT2D eigenvalue weighted by molar-refractivity contribution is 5.68. The van der Waals surface area contributed by atoms with Crippen LogP contribution in [-0.2, 0) is 107 Å². The molecule has 25 aliphatic rings. The van der Waals surface area contributed by atoms with Gasteiger partial charge < -0.3 is 135 Å². The van der Waals surface area contributed by atoms with Crippen LogP contribution in [0.4, 0.5) is 0 Å². The van der Waals surface area contributed by atoms with Gasteiger partial charge in [0.2, 0.25) is 28.9 Å². The van der Waals surface area contributed by atoms with Crippen molar-refractivity contribution >= 4 is 0 Å². The minimum Gasteiger partial charge on any atom is -0.504 e. The van der Waals surface area contributed by atoms with Crippen molar-refractivity contribution in [1.82, 2.24) is 24.5 Å². The summed E-state index contributed by atoms with van der Waals surface area (Å²) in [6.45, 7) is 19.7. The molecule has 15 heterocycles. The molecule has 132 heavy (non-hydrogen) atoms. The van der Waals surface area contributed by atoms with Gasteiger partial charge in [0.05, 0.1) is 117 Å². The van der Waals surface area contributed by atoms with Crippen molar-refractivity contribution in [3.8, 4) is 57.5 Å². The van der Waals surface area contributed by atoms with Crippen molar-refractivity contribution in [2.75, 3.05) is 116 Å². The Morgan fingerprint density at radius 3 is 1.02 bits per heavy atom. The quantitative estimate of drug-likeness (QED) is 0.112. The van der Waals surface area contributed by atoms with Crippen LogP contribution in [0.1, 0.15) is 193 Å². The van der Waals surface area contributed by atoms with E-state index in [1.165, 1.54) is 38.9 Å². The molecular formula is C104H133N5O23. The van der Waals surface area contributed by atoms with Crippen LogP contribution in [0.5, 0.6) is 57.5 Å². The fourth-order valence-corrected chi connectivity index (χ4v) is 33.8. The Morgan fingerprint density at radius 2 is 0.636 bits per heavy atom. The number of benzene rings is 5. The smallest absolute Gasteiger partial charge is 0.207 e. The van der Waals surface area contributed by atoms with E-state index < -0.39 is 62.0 Å². The van der Waals surface area contributed by atoms with Crippen LogP contribution in [0.3, 0.4) is 0 Å². The van der Waals surface area contributed by atoms with E-state index in [1.807, 2.05) is 25.1 Å². The molecule has 0 aromatic heterocycles. The minimum absolute atomic E-state index is 0.00178. The summed E-state index contributed by atoms with van der Waals surface area (Å²) in [6, 6.07) is 21.6. The lowest BCUT2D eigenvalue weighted by Gasteiger charge is -2.64. The molecule has 10 saturated heterocycles. The molecule has 13 unspecified atom stereocenters. The summed E-state index contributed by atoms with van der Waals surface area (Å²) in [5.74, 6) is 3.86. The zero-order chi connectivity index (χ0) is 90.6. The van der Waals surface area contributed by atoms with E-state index in [-0.39, 0.29) is 108 Å². The highest BCUT2D eigenvalue weighted by Gasteiger charge is 2.83. The van der Waals surface area contributed by atoms with Crippen molar-refractivity contribution in [3.05, 3.63) is 116 Å². The van der Waals surface area contributed by atoms with Gasteiger partial charge in [0.1, 0.15) is 0 Å². The van der Waals surface area contributed by atoms with Gasteiger partial charge in [0.15, 0.2) is 88.0 Å². The summed E-state index contributed by atoms with van der Waals surface area (Å²) in [4.78, 5) is 12.0. The monoisotopic (exact) mass is 1820 g/mol. The number of likely N-dealkylation sites (N-methyl/N-ethyl adjacent to an activating group) is 5.